The minimum atomic E-state index is -0.583. The van der Waals surface area contributed by atoms with Gasteiger partial charge >= 0.3 is 0 Å². The van der Waals surface area contributed by atoms with Crippen LogP contribution >= 0.6 is 0 Å². The van der Waals surface area contributed by atoms with E-state index in [2.05, 4.69) is 51.0 Å². The summed E-state index contributed by atoms with van der Waals surface area (Å²) in [6, 6.07) is 25.8. The first-order valence-corrected chi connectivity index (χ1v) is 12.9. The number of aliphatic hydroxyl groups excluding tert-OH is 1. The van der Waals surface area contributed by atoms with Gasteiger partial charge in [0.05, 0.1) is 30.2 Å². The molecule has 7 heteroatoms. The third-order valence-corrected chi connectivity index (χ3v) is 7.00. The first-order valence-electron chi connectivity index (χ1n) is 12.9. The lowest BCUT2D eigenvalue weighted by Gasteiger charge is -2.35. The number of hydrogen-bond donors (Lipinski definition) is 2. The summed E-state index contributed by atoms with van der Waals surface area (Å²) in [7, 11) is 0. The molecule has 1 aliphatic heterocycles. The molecule has 3 aromatic carbocycles. The van der Waals surface area contributed by atoms with E-state index in [4.69, 9.17) is 4.74 Å². The van der Waals surface area contributed by atoms with Crippen LogP contribution in [0.5, 0.6) is 0 Å². The zero-order valence-corrected chi connectivity index (χ0v) is 21.2. The summed E-state index contributed by atoms with van der Waals surface area (Å²) >= 11 is 0. The van der Waals surface area contributed by atoms with Crippen LogP contribution in [-0.2, 0) is 11.3 Å². The van der Waals surface area contributed by atoms with Gasteiger partial charge in [0.1, 0.15) is 11.9 Å². The number of para-hydroxylation sites is 1. The van der Waals surface area contributed by atoms with Crippen LogP contribution in [0, 0.1) is 6.92 Å². The van der Waals surface area contributed by atoms with Crippen LogP contribution in [0.1, 0.15) is 28.6 Å². The maximum absolute atomic E-state index is 12.4. The maximum Gasteiger partial charge on any atom is 0.258 e. The Morgan fingerprint density at radius 1 is 0.919 bits per heavy atom. The predicted molar refractivity (Wildman–Crippen MR) is 146 cm³/mol. The zero-order valence-electron chi connectivity index (χ0n) is 21.2. The number of piperazine rings is 1. The van der Waals surface area contributed by atoms with Gasteiger partial charge in [-0.15, -0.1) is 0 Å². The molecule has 2 atom stereocenters. The van der Waals surface area contributed by atoms with Gasteiger partial charge in [-0.05, 0) is 35.7 Å². The summed E-state index contributed by atoms with van der Waals surface area (Å²) in [6.45, 7) is 6.90. The molecular weight excluding hydrogens is 464 g/mol. The molecule has 7 nitrogen and oxygen atoms in total. The first-order chi connectivity index (χ1) is 18.1. The Morgan fingerprint density at radius 2 is 1.59 bits per heavy atom. The number of ether oxygens (including phenoxy) is 1. The second-order valence-corrected chi connectivity index (χ2v) is 9.74. The van der Waals surface area contributed by atoms with Crippen LogP contribution in [0.25, 0.3) is 10.9 Å². The van der Waals surface area contributed by atoms with E-state index in [9.17, 15) is 9.90 Å². The lowest BCUT2D eigenvalue weighted by molar-refractivity contribution is -0.0151. The molecule has 37 heavy (non-hydrogen) atoms. The number of H-pyrrole nitrogens is 1. The van der Waals surface area contributed by atoms with Crippen molar-refractivity contribution in [2.24, 2.45) is 0 Å². The average Bonchev–Trinajstić information content (AvgIpc) is 2.91. The second-order valence-electron chi connectivity index (χ2n) is 9.74. The molecule has 0 aliphatic carbocycles. The van der Waals surface area contributed by atoms with E-state index in [0.717, 1.165) is 42.8 Å². The van der Waals surface area contributed by atoms with Crippen LogP contribution < -0.4 is 5.56 Å². The summed E-state index contributed by atoms with van der Waals surface area (Å²) in [4.78, 5) is 24.5. The number of aliphatic hydroxyl groups is 1. The number of rotatable bonds is 9. The van der Waals surface area contributed by atoms with Crippen LogP contribution in [0.2, 0.25) is 0 Å². The van der Waals surface area contributed by atoms with Crippen molar-refractivity contribution in [1.82, 2.24) is 19.8 Å². The number of nitrogens with zero attached hydrogens (tertiary/aromatic N) is 3. The molecule has 1 fully saturated rings. The number of hydrogen-bond acceptors (Lipinski definition) is 6. The molecule has 4 aromatic rings. The average molecular weight is 499 g/mol. The molecule has 192 valence electrons. The Hall–Kier alpha value is -3.36. The molecule has 0 spiro atoms. The highest BCUT2D eigenvalue weighted by atomic mass is 16.5. The normalized spacial score (nSPS) is 16.6. The Bertz CT molecular complexity index is 1370. The number of aromatic nitrogens is 2. The molecule has 0 saturated carbocycles. The highest BCUT2D eigenvalue weighted by molar-refractivity contribution is 5.77. The fourth-order valence-corrected chi connectivity index (χ4v) is 4.98. The van der Waals surface area contributed by atoms with Crippen LogP contribution in [0.3, 0.4) is 0 Å². The molecule has 0 radical (unpaired) electrons. The van der Waals surface area contributed by atoms with Gasteiger partial charge in [-0.25, -0.2) is 4.98 Å². The zero-order chi connectivity index (χ0) is 25.6. The minimum absolute atomic E-state index is 0.0955. The van der Waals surface area contributed by atoms with Crippen molar-refractivity contribution in [3.05, 3.63) is 112 Å². The summed E-state index contributed by atoms with van der Waals surface area (Å²) in [5, 5.41) is 11.4. The summed E-state index contributed by atoms with van der Waals surface area (Å²) in [5.41, 5.74) is 4.00. The minimum Gasteiger partial charge on any atom is -0.389 e. The van der Waals surface area contributed by atoms with Crippen molar-refractivity contribution in [1.29, 1.82) is 0 Å². The van der Waals surface area contributed by atoms with Gasteiger partial charge in [0.2, 0.25) is 0 Å². The van der Waals surface area contributed by atoms with E-state index in [1.54, 1.807) is 6.07 Å². The van der Waals surface area contributed by atoms with Gasteiger partial charge in [0.15, 0.2) is 0 Å². The number of aromatic amines is 1. The Kier molecular flexibility index (Phi) is 8.06. The largest absolute Gasteiger partial charge is 0.389 e. The molecule has 2 N–H and O–H groups in total. The van der Waals surface area contributed by atoms with Gasteiger partial charge < -0.3 is 14.8 Å². The first kappa shape index (κ1) is 25.3. The molecule has 0 amide bonds. The predicted octanol–water partition coefficient (Wildman–Crippen LogP) is 3.52. The highest BCUT2D eigenvalue weighted by Crippen LogP contribution is 2.28. The Labute approximate surface area is 217 Å². The van der Waals surface area contributed by atoms with Crippen molar-refractivity contribution in [3.8, 4) is 0 Å². The van der Waals surface area contributed by atoms with Crippen LogP contribution in [-0.4, -0.2) is 70.3 Å². The molecule has 2 heterocycles. The van der Waals surface area contributed by atoms with Crippen LogP contribution in [0.4, 0.5) is 0 Å². The quantitative estimate of drug-likeness (QED) is 0.368. The smallest absolute Gasteiger partial charge is 0.258 e. The molecule has 1 aromatic heterocycles. The Balaban J connectivity index is 1.14. The van der Waals surface area contributed by atoms with E-state index < -0.39 is 6.10 Å². The number of aryl methyl sites for hydroxylation is 1. The molecule has 0 bridgehead atoms. The lowest BCUT2D eigenvalue weighted by atomic mass is 9.97. The van der Waals surface area contributed by atoms with Gasteiger partial charge in [-0.3, -0.25) is 14.6 Å². The van der Waals surface area contributed by atoms with Gasteiger partial charge in [-0.1, -0.05) is 66.7 Å². The SMILES string of the molecule is Cc1ccccc1C(OCC(O)CN1CCN(Cc2nc3ccccc3c(=O)[nH]2)CC1)c1ccccc1. The van der Waals surface area contributed by atoms with Crippen molar-refractivity contribution in [2.45, 2.75) is 25.7 Å². The maximum atomic E-state index is 12.4. The van der Waals surface area contributed by atoms with E-state index in [-0.39, 0.29) is 18.3 Å². The highest BCUT2D eigenvalue weighted by Gasteiger charge is 2.22. The third kappa shape index (κ3) is 6.32. The fourth-order valence-electron chi connectivity index (χ4n) is 4.98. The molecule has 1 saturated heterocycles. The summed E-state index contributed by atoms with van der Waals surface area (Å²) in [5.74, 6) is 0.689. The van der Waals surface area contributed by atoms with E-state index in [0.29, 0.717) is 24.3 Å². The molecular formula is C30H34N4O3. The summed E-state index contributed by atoms with van der Waals surface area (Å²) in [6.07, 6.45) is -0.800. The Morgan fingerprint density at radius 3 is 2.38 bits per heavy atom. The van der Waals surface area contributed by atoms with Crippen molar-refractivity contribution in [3.63, 3.8) is 0 Å². The number of benzene rings is 3. The summed E-state index contributed by atoms with van der Waals surface area (Å²) < 4.78 is 6.32. The van der Waals surface area contributed by atoms with Gasteiger partial charge in [0, 0.05) is 32.7 Å². The number of β-amino-alcohol motifs (C(OH)–C–C–N with tert-alkyl or cyclic N) is 1. The van der Waals surface area contributed by atoms with E-state index in [1.165, 1.54) is 5.56 Å². The molecule has 5 rings (SSSR count). The van der Waals surface area contributed by atoms with E-state index >= 15 is 0 Å². The van der Waals surface area contributed by atoms with Crippen molar-refractivity contribution < 1.29 is 9.84 Å². The fraction of sp³-hybridized carbons (Fsp3) is 0.333. The van der Waals surface area contributed by atoms with Crippen molar-refractivity contribution >= 4 is 10.9 Å². The third-order valence-electron chi connectivity index (χ3n) is 7.00. The van der Waals surface area contributed by atoms with Crippen LogP contribution in [0.15, 0.2) is 83.7 Å². The lowest BCUT2D eigenvalue weighted by Crippen LogP contribution is -2.49. The molecule has 2 unspecified atom stereocenters. The number of fused-ring (bicyclic) bond motifs is 1. The van der Waals surface area contributed by atoms with Gasteiger partial charge in [0.25, 0.3) is 5.56 Å². The van der Waals surface area contributed by atoms with E-state index in [1.807, 2.05) is 48.5 Å². The van der Waals surface area contributed by atoms with Crippen molar-refractivity contribution in [2.75, 3.05) is 39.3 Å². The topological polar surface area (TPSA) is 81.7 Å². The number of nitrogens with one attached hydrogen (secondary N) is 1. The second kappa shape index (κ2) is 11.8. The monoisotopic (exact) mass is 498 g/mol. The standard InChI is InChI=1S/C30H34N4O3/c1-22-9-5-6-12-25(22)29(23-10-3-2-4-11-23)37-21-24(35)19-33-15-17-34(18-16-33)20-28-31-27-14-8-7-13-26(27)30(36)32-28/h2-14,24,29,35H,15-21H2,1H3,(H,31,32,36). The van der Waals surface area contributed by atoms with Gasteiger partial charge in [-0.2, -0.15) is 0 Å². The molecule has 1 aliphatic rings.